The molecule has 1 saturated heterocycles. The lowest BCUT2D eigenvalue weighted by atomic mass is 10.1. The van der Waals surface area contributed by atoms with Crippen molar-refractivity contribution in [3.05, 3.63) is 34.4 Å². The molecule has 1 aromatic carbocycles. The summed E-state index contributed by atoms with van der Waals surface area (Å²) in [5, 5.41) is 14.1. The second kappa shape index (κ2) is 7.17. The van der Waals surface area contributed by atoms with E-state index in [4.69, 9.17) is 0 Å². The predicted octanol–water partition coefficient (Wildman–Crippen LogP) is 1.75. The van der Waals surface area contributed by atoms with Crippen LogP contribution in [0.2, 0.25) is 0 Å². The first kappa shape index (κ1) is 16.9. The van der Waals surface area contributed by atoms with Gasteiger partial charge in [0.25, 0.3) is 5.69 Å². The first-order valence-corrected chi connectivity index (χ1v) is 8.88. The number of nitro groups is 1. The van der Waals surface area contributed by atoms with E-state index >= 15 is 0 Å². The molecule has 7 nitrogen and oxygen atoms in total. The van der Waals surface area contributed by atoms with E-state index in [1.807, 2.05) is 6.92 Å². The van der Waals surface area contributed by atoms with E-state index in [1.165, 1.54) is 22.5 Å². The number of piperidine rings is 1. The van der Waals surface area contributed by atoms with Crippen molar-refractivity contribution in [2.24, 2.45) is 0 Å². The molecule has 0 spiro atoms. The van der Waals surface area contributed by atoms with Gasteiger partial charge in [0.15, 0.2) is 0 Å². The maximum atomic E-state index is 12.9. The number of hydrogen-bond donors (Lipinski definition) is 1. The molecule has 0 unspecified atom stereocenters. The molecule has 1 aliphatic heterocycles. The van der Waals surface area contributed by atoms with Gasteiger partial charge in [-0.15, -0.1) is 0 Å². The number of non-ortho nitro benzene ring substituents is 1. The van der Waals surface area contributed by atoms with E-state index in [0.717, 1.165) is 32.0 Å². The van der Waals surface area contributed by atoms with Gasteiger partial charge in [-0.05, 0) is 38.4 Å². The third kappa shape index (κ3) is 3.63. The fourth-order valence-electron chi connectivity index (χ4n) is 2.71. The minimum Gasteiger partial charge on any atom is -0.317 e. The highest BCUT2D eigenvalue weighted by atomic mass is 32.2. The van der Waals surface area contributed by atoms with Crippen LogP contribution in [-0.2, 0) is 10.0 Å². The summed E-state index contributed by atoms with van der Waals surface area (Å²) < 4.78 is 27.3. The molecule has 0 aromatic heterocycles. The summed E-state index contributed by atoms with van der Waals surface area (Å²) in [6, 6.07) is 5.22. The Bertz CT molecular complexity index is 627. The second-order valence-electron chi connectivity index (χ2n) is 5.35. The average molecular weight is 327 g/mol. The molecule has 1 fully saturated rings. The van der Waals surface area contributed by atoms with E-state index in [0.29, 0.717) is 13.0 Å². The van der Waals surface area contributed by atoms with Gasteiger partial charge in [0, 0.05) is 24.7 Å². The zero-order chi connectivity index (χ0) is 16.2. The molecule has 0 amide bonds. The Morgan fingerprint density at radius 2 is 2.05 bits per heavy atom. The van der Waals surface area contributed by atoms with Gasteiger partial charge in [-0.1, -0.05) is 13.0 Å². The smallest absolute Gasteiger partial charge is 0.270 e. The number of benzene rings is 1. The Balaban J connectivity index is 2.35. The van der Waals surface area contributed by atoms with E-state index in [2.05, 4.69) is 5.32 Å². The maximum absolute atomic E-state index is 12.9. The Morgan fingerprint density at radius 1 is 1.36 bits per heavy atom. The first-order valence-electron chi connectivity index (χ1n) is 7.44. The van der Waals surface area contributed by atoms with Crippen LogP contribution in [0, 0.1) is 10.1 Å². The lowest BCUT2D eigenvalue weighted by molar-refractivity contribution is -0.385. The van der Waals surface area contributed by atoms with E-state index in [-0.39, 0.29) is 16.6 Å². The van der Waals surface area contributed by atoms with Crippen molar-refractivity contribution in [1.82, 2.24) is 9.62 Å². The SMILES string of the molecule is CCCN(C1CCNCC1)S(=O)(=O)c1cccc([N+](=O)[O-])c1. The molecular formula is C14H21N3O4S. The molecule has 22 heavy (non-hydrogen) atoms. The Labute approximate surface area is 130 Å². The summed E-state index contributed by atoms with van der Waals surface area (Å²) in [6.07, 6.45) is 2.22. The summed E-state index contributed by atoms with van der Waals surface area (Å²) in [4.78, 5) is 10.3. The van der Waals surface area contributed by atoms with Crippen molar-refractivity contribution in [3.8, 4) is 0 Å². The van der Waals surface area contributed by atoms with Crippen LogP contribution in [-0.4, -0.2) is 43.3 Å². The van der Waals surface area contributed by atoms with Gasteiger partial charge in [-0.3, -0.25) is 10.1 Å². The minimum absolute atomic E-state index is 0.00585. The number of hydrogen-bond acceptors (Lipinski definition) is 5. The third-order valence-corrected chi connectivity index (χ3v) is 5.74. The van der Waals surface area contributed by atoms with Crippen molar-refractivity contribution >= 4 is 15.7 Å². The van der Waals surface area contributed by atoms with E-state index in [9.17, 15) is 18.5 Å². The molecule has 1 N–H and O–H groups in total. The first-order chi connectivity index (χ1) is 10.5. The summed E-state index contributed by atoms with van der Waals surface area (Å²) in [5.74, 6) is 0. The molecule has 8 heteroatoms. The van der Waals surface area contributed by atoms with Crippen LogP contribution in [0.5, 0.6) is 0 Å². The van der Waals surface area contributed by atoms with Crippen LogP contribution < -0.4 is 5.32 Å². The highest BCUT2D eigenvalue weighted by molar-refractivity contribution is 7.89. The number of nitro benzene ring substituents is 1. The third-order valence-electron chi connectivity index (χ3n) is 3.79. The number of nitrogens with zero attached hydrogens (tertiary/aromatic N) is 2. The highest BCUT2D eigenvalue weighted by Crippen LogP contribution is 2.25. The van der Waals surface area contributed by atoms with Gasteiger partial charge in [0.05, 0.1) is 9.82 Å². The zero-order valence-electron chi connectivity index (χ0n) is 12.6. The van der Waals surface area contributed by atoms with Gasteiger partial charge >= 0.3 is 0 Å². The van der Waals surface area contributed by atoms with Gasteiger partial charge in [-0.2, -0.15) is 4.31 Å². The molecule has 0 saturated carbocycles. The Kier molecular flexibility index (Phi) is 5.49. The standard InChI is InChI=1S/C14H21N3O4S/c1-2-10-16(12-6-8-15-9-7-12)22(20,21)14-5-3-4-13(11-14)17(18)19/h3-5,11-12,15H,2,6-10H2,1H3. The van der Waals surface area contributed by atoms with Crippen LogP contribution in [0.4, 0.5) is 5.69 Å². The molecule has 1 heterocycles. The van der Waals surface area contributed by atoms with Crippen molar-refractivity contribution in [3.63, 3.8) is 0 Å². The second-order valence-corrected chi connectivity index (χ2v) is 7.24. The van der Waals surface area contributed by atoms with Crippen LogP contribution in [0.1, 0.15) is 26.2 Å². The zero-order valence-corrected chi connectivity index (χ0v) is 13.4. The number of nitrogens with one attached hydrogen (secondary N) is 1. The Hall–Kier alpha value is -1.51. The largest absolute Gasteiger partial charge is 0.317 e. The molecule has 0 radical (unpaired) electrons. The average Bonchev–Trinajstić information content (AvgIpc) is 2.53. The highest BCUT2D eigenvalue weighted by Gasteiger charge is 2.32. The summed E-state index contributed by atoms with van der Waals surface area (Å²) >= 11 is 0. The molecular weight excluding hydrogens is 306 g/mol. The summed E-state index contributed by atoms with van der Waals surface area (Å²) in [5.41, 5.74) is -0.206. The topological polar surface area (TPSA) is 92.6 Å². The van der Waals surface area contributed by atoms with Gasteiger partial charge < -0.3 is 5.32 Å². The van der Waals surface area contributed by atoms with Crippen LogP contribution in [0.15, 0.2) is 29.2 Å². The van der Waals surface area contributed by atoms with Crippen LogP contribution >= 0.6 is 0 Å². The molecule has 0 atom stereocenters. The number of rotatable bonds is 6. The normalized spacial score (nSPS) is 16.8. The lowest BCUT2D eigenvalue weighted by Gasteiger charge is -2.33. The molecule has 1 aromatic rings. The van der Waals surface area contributed by atoms with Gasteiger partial charge in [0.1, 0.15) is 0 Å². The monoisotopic (exact) mass is 327 g/mol. The molecule has 0 aliphatic carbocycles. The molecule has 122 valence electrons. The van der Waals surface area contributed by atoms with Gasteiger partial charge in [-0.25, -0.2) is 8.42 Å². The molecule has 1 aliphatic rings. The Morgan fingerprint density at radius 3 is 2.64 bits per heavy atom. The van der Waals surface area contributed by atoms with Crippen LogP contribution in [0.3, 0.4) is 0 Å². The van der Waals surface area contributed by atoms with Crippen LogP contribution in [0.25, 0.3) is 0 Å². The van der Waals surface area contributed by atoms with E-state index < -0.39 is 14.9 Å². The lowest BCUT2D eigenvalue weighted by Crippen LogP contribution is -2.46. The fraction of sp³-hybridized carbons (Fsp3) is 0.571. The fourth-order valence-corrected chi connectivity index (χ4v) is 4.52. The minimum atomic E-state index is -3.72. The summed E-state index contributed by atoms with van der Waals surface area (Å²) in [6.45, 7) is 3.93. The predicted molar refractivity (Wildman–Crippen MR) is 83.2 cm³/mol. The quantitative estimate of drug-likeness (QED) is 0.635. The van der Waals surface area contributed by atoms with Crippen molar-refractivity contribution in [1.29, 1.82) is 0 Å². The van der Waals surface area contributed by atoms with Gasteiger partial charge in [0.2, 0.25) is 10.0 Å². The van der Waals surface area contributed by atoms with Crippen molar-refractivity contribution in [2.75, 3.05) is 19.6 Å². The van der Waals surface area contributed by atoms with Crippen molar-refractivity contribution < 1.29 is 13.3 Å². The molecule has 0 bridgehead atoms. The maximum Gasteiger partial charge on any atom is 0.270 e. The number of sulfonamides is 1. The molecule has 2 rings (SSSR count). The van der Waals surface area contributed by atoms with Crippen molar-refractivity contribution in [2.45, 2.75) is 37.1 Å². The van der Waals surface area contributed by atoms with E-state index in [1.54, 1.807) is 0 Å². The summed E-state index contributed by atoms with van der Waals surface area (Å²) in [7, 11) is -3.72.